The first-order valence-electron chi connectivity index (χ1n) is 8.95. The highest BCUT2D eigenvalue weighted by molar-refractivity contribution is 7.80. The van der Waals surface area contributed by atoms with Crippen molar-refractivity contribution >= 4 is 23.2 Å². The summed E-state index contributed by atoms with van der Waals surface area (Å²) in [5, 5.41) is 3.33. The molecule has 1 amide bonds. The Morgan fingerprint density at radius 2 is 1.67 bits per heavy atom. The number of carbonyl (C=O) groups is 1. The van der Waals surface area contributed by atoms with Gasteiger partial charge in [-0.2, -0.15) is 0 Å². The Morgan fingerprint density at radius 1 is 1.04 bits per heavy atom. The van der Waals surface area contributed by atoms with E-state index in [1.165, 1.54) is 12.8 Å². The van der Waals surface area contributed by atoms with Crippen LogP contribution in [0.3, 0.4) is 0 Å². The van der Waals surface area contributed by atoms with Gasteiger partial charge in [0.15, 0.2) is 5.11 Å². The van der Waals surface area contributed by atoms with Crippen LogP contribution in [0, 0.1) is 0 Å². The van der Waals surface area contributed by atoms with Crippen LogP contribution in [0.1, 0.15) is 63.2 Å². The Morgan fingerprint density at radius 3 is 2.21 bits per heavy atom. The maximum atomic E-state index is 12.3. The summed E-state index contributed by atoms with van der Waals surface area (Å²) in [5.74, 6) is 0.624. The number of nitrogens with one attached hydrogen (secondary N) is 1. The fraction of sp³-hybridized carbons (Fsp3) is 0.579. The standard InChI is InChI=1S/C19H30N2O2S/c1-4-7-8-15-23-17-11-9-16(10-12-17)18(22)20-19(24)21(13-5-2)14-6-3/h9-12H,4-8,13-15H2,1-3H3,(H,20,22,24). The van der Waals surface area contributed by atoms with Gasteiger partial charge in [-0.3, -0.25) is 10.1 Å². The lowest BCUT2D eigenvalue weighted by Gasteiger charge is -2.24. The van der Waals surface area contributed by atoms with Crippen molar-refractivity contribution in [2.45, 2.75) is 52.9 Å². The van der Waals surface area contributed by atoms with Crippen molar-refractivity contribution in [2.24, 2.45) is 0 Å². The molecule has 4 nitrogen and oxygen atoms in total. The van der Waals surface area contributed by atoms with E-state index in [1.54, 1.807) is 12.1 Å². The Balaban J connectivity index is 2.53. The molecule has 1 aromatic carbocycles. The van der Waals surface area contributed by atoms with Crippen LogP contribution in [-0.2, 0) is 0 Å². The summed E-state index contributed by atoms with van der Waals surface area (Å²) in [5.41, 5.74) is 0.589. The van der Waals surface area contributed by atoms with Crippen LogP contribution >= 0.6 is 12.2 Å². The van der Waals surface area contributed by atoms with E-state index in [0.717, 1.165) is 38.1 Å². The van der Waals surface area contributed by atoms with Gasteiger partial charge >= 0.3 is 0 Å². The van der Waals surface area contributed by atoms with E-state index in [2.05, 4.69) is 26.1 Å². The molecule has 0 radical (unpaired) electrons. The monoisotopic (exact) mass is 350 g/mol. The Hall–Kier alpha value is -1.62. The Kier molecular flexibility index (Phi) is 10.1. The molecule has 0 aliphatic heterocycles. The topological polar surface area (TPSA) is 41.6 Å². The molecule has 0 aliphatic rings. The third-order valence-electron chi connectivity index (χ3n) is 3.63. The summed E-state index contributed by atoms with van der Waals surface area (Å²) >= 11 is 5.36. The number of hydrogen-bond acceptors (Lipinski definition) is 3. The summed E-state index contributed by atoms with van der Waals surface area (Å²) < 4.78 is 5.66. The van der Waals surface area contributed by atoms with E-state index in [4.69, 9.17) is 17.0 Å². The van der Waals surface area contributed by atoms with Crippen molar-refractivity contribution in [3.8, 4) is 5.75 Å². The quantitative estimate of drug-likeness (QED) is 0.502. The van der Waals surface area contributed by atoms with E-state index >= 15 is 0 Å². The van der Waals surface area contributed by atoms with Gasteiger partial charge < -0.3 is 9.64 Å². The number of ether oxygens (including phenoxy) is 1. The van der Waals surface area contributed by atoms with Crippen molar-refractivity contribution in [2.75, 3.05) is 19.7 Å². The fourth-order valence-electron chi connectivity index (χ4n) is 2.35. The lowest BCUT2D eigenvalue weighted by molar-refractivity contribution is 0.0973. The summed E-state index contributed by atoms with van der Waals surface area (Å²) in [6.07, 6.45) is 5.40. The lowest BCUT2D eigenvalue weighted by Crippen LogP contribution is -2.43. The number of rotatable bonds is 10. The third-order valence-corrected chi connectivity index (χ3v) is 3.99. The van der Waals surface area contributed by atoms with Crippen LogP contribution < -0.4 is 10.1 Å². The molecule has 0 aromatic heterocycles. The van der Waals surface area contributed by atoms with Gasteiger partial charge in [-0.1, -0.05) is 33.6 Å². The summed E-state index contributed by atoms with van der Waals surface area (Å²) in [7, 11) is 0. The molecule has 0 saturated heterocycles. The molecule has 0 unspecified atom stereocenters. The third kappa shape index (κ3) is 7.30. The zero-order valence-corrected chi connectivity index (χ0v) is 16.0. The number of carbonyl (C=O) groups excluding carboxylic acids is 1. The molecule has 1 rings (SSSR count). The van der Waals surface area contributed by atoms with Gasteiger partial charge in [-0.05, 0) is 55.7 Å². The van der Waals surface area contributed by atoms with Crippen LogP contribution in [0.2, 0.25) is 0 Å². The normalized spacial score (nSPS) is 10.3. The molecule has 1 aromatic rings. The summed E-state index contributed by atoms with van der Waals surface area (Å²) in [6.45, 7) is 8.81. The first kappa shape index (κ1) is 20.4. The molecule has 0 saturated carbocycles. The molecule has 134 valence electrons. The van der Waals surface area contributed by atoms with E-state index in [1.807, 2.05) is 17.0 Å². The Labute approximate surface area is 151 Å². The van der Waals surface area contributed by atoms with Crippen LogP contribution in [0.4, 0.5) is 0 Å². The number of amides is 1. The van der Waals surface area contributed by atoms with Crippen molar-refractivity contribution in [3.05, 3.63) is 29.8 Å². The molecule has 0 atom stereocenters. The minimum absolute atomic E-state index is 0.172. The largest absolute Gasteiger partial charge is 0.494 e. The zero-order chi connectivity index (χ0) is 17.8. The van der Waals surface area contributed by atoms with Crippen LogP contribution in [-0.4, -0.2) is 35.6 Å². The van der Waals surface area contributed by atoms with Gasteiger partial charge in [-0.15, -0.1) is 0 Å². The number of hydrogen-bond donors (Lipinski definition) is 1. The predicted octanol–water partition coefficient (Wildman–Crippen LogP) is 4.39. The highest BCUT2D eigenvalue weighted by Gasteiger charge is 2.12. The van der Waals surface area contributed by atoms with E-state index < -0.39 is 0 Å². The molecule has 0 aliphatic carbocycles. The summed E-state index contributed by atoms with van der Waals surface area (Å²) in [4.78, 5) is 14.4. The van der Waals surface area contributed by atoms with Crippen molar-refractivity contribution in [3.63, 3.8) is 0 Å². The average Bonchev–Trinajstić information content (AvgIpc) is 2.59. The second kappa shape index (κ2) is 11.8. The Bertz CT molecular complexity index is 497. The van der Waals surface area contributed by atoms with E-state index in [9.17, 15) is 4.79 Å². The fourth-order valence-corrected chi connectivity index (χ4v) is 2.62. The maximum absolute atomic E-state index is 12.3. The van der Waals surface area contributed by atoms with Crippen molar-refractivity contribution < 1.29 is 9.53 Å². The van der Waals surface area contributed by atoms with Gasteiger partial charge in [0.05, 0.1) is 6.61 Å². The van der Waals surface area contributed by atoms with Gasteiger partial charge in [0.2, 0.25) is 0 Å². The number of nitrogens with zero attached hydrogens (tertiary/aromatic N) is 1. The second-order valence-corrected chi connectivity index (χ2v) is 6.21. The minimum atomic E-state index is -0.172. The summed E-state index contributed by atoms with van der Waals surface area (Å²) in [6, 6.07) is 7.22. The number of thiocarbonyl (C=S) groups is 1. The van der Waals surface area contributed by atoms with Gasteiger partial charge in [0.25, 0.3) is 5.91 Å². The molecule has 1 N–H and O–H groups in total. The van der Waals surface area contributed by atoms with Gasteiger partial charge in [-0.25, -0.2) is 0 Å². The molecule has 0 bridgehead atoms. The molecule has 0 fully saturated rings. The van der Waals surface area contributed by atoms with Gasteiger partial charge in [0, 0.05) is 18.7 Å². The molecule has 5 heteroatoms. The number of unbranched alkanes of at least 4 members (excludes halogenated alkanes) is 2. The zero-order valence-electron chi connectivity index (χ0n) is 15.1. The lowest BCUT2D eigenvalue weighted by atomic mass is 10.2. The van der Waals surface area contributed by atoms with Crippen LogP contribution in [0.25, 0.3) is 0 Å². The second-order valence-electron chi connectivity index (χ2n) is 5.83. The van der Waals surface area contributed by atoms with Crippen LogP contribution in [0.5, 0.6) is 5.75 Å². The van der Waals surface area contributed by atoms with Crippen LogP contribution in [0.15, 0.2) is 24.3 Å². The number of benzene rings is 1. The molecule has 0 heterocycles. The van der Waals surface area contributed by atoms with Crippen molar-refractivity contribution in [1.82, 2.24) is 10.2 Å². The van der Waals surface area contributed by atoms with Gasteiger partial charge in [0.1, 0.15) is 5.75 Å². The molecule has 24 heavy (non-hydrogen) atoms. The molecular formula is C19H30N2O2S. The van der Waals surface area contributed by atoms with Crippen molar-refractivity contribution in [1.29, 1.82) is 0 Å². The molecular weight excluding hydrogens is 320 g/mol. The first-order valence-corrected chi connectivity index (χ1v) is 9.36. The maximum Gasteiger partial charge on any atom is 0.257 e. The van der Waals surface area contributed by atoms with E-state index in [-0.39, 0.29) is 5.91 Å². The average molecular weight is 351 g/mol. The highest BCUT2D eigenvalue weighted by Crippen LogP contribution is 2.13. The first-order chi connectivity index (χ1) is 11.6. The molecule has 0 spiro atoms. The minimum Gasteiger partial charge on any atom is -0.494 e. The highest BCUT2D eigenvalue weighted by atomic mass is 32.1. The smallest absolute Gasteiger partial charge is 0.257 e. The SMILES string of the molecule is CCCCCOc1ccc(C(=O)NC(=S)N(CCC)CCC)cc1. The van der Waals surface area contributed by atoms with E-state index in [0.29, 0.717) is 17.3 Å². The predicted molar refractivity (Wildman–Crippen MR) is 104 cm³/mol.